The molecule has 8 heteroatoms. The van der Waals surface area contributed by atoms with E-state index < -0.39 is 0 Å². The highest BCUT2D eigenvalue weighted by molar-refractivity contribution is 5.58. The number of likely N-dealkylation sites (tertiary alicyclic amines) is 1. The number of nitrogens with one attached hydrogen (secondary N) is 1. The molecule has 2 unspecified atom stereocenters. The van der Waals surface area contributed by atoms with Gasteiger partial charge in [0.2, 0.25) is 0 Å². The van der Waals surface area contributed by atoms with E-state index in [-0.39, 0.29) is 17.8 Å². The average Bonchev–Trinajstić information content (AvgIpc) is 3.31. The predicted molar refractivity (Wildman–Crippen MR) is 133 cm³/mol. The summed E-state index contributed by atoms with van der Waals surface area (Å²) in [6.07, 6.45) is 7.88. The zero-order valence-corrected chi connectivity index (χ0v) is 19.4. The minimum Gasteiger partial charge on any atom is -0.493 e. The summed E-state index contributed by atoms with van der Waals surface area (Å²) in [6, 6.07) is 13.4. The Morgan fingerprint density at radius 2 is 2.06 bits per heavy atom. The van der Waals surface area contributed by atoms with Crippen LogP contribution in [0.25, 0.3) is 17.2 Å². The maximum Gasteiger partial charge on any atom is 0.180 e. The number of aromatic nitrogens is 4. The van der Waals surface area contributed by atoms with Crippen LogP contribution in [0, 0.1) is 11.7 Å². The topological polar surface area (TPSA) is 67.6 Å². The molecule has 0 aliphatic carbocycles. The van der Waals surface area contributed by atoms with E-state index in [1.807, 2.05) is 18.2 Å². The molecule has 0 amide bonds. The Labute approximate surface area is 203 Å². The first-order valence-corrected chi connectivity index (χ1v) is 12.0. The second kappa shape index (κ2) is 9.02. The number of hydrogen-bond donors (Lipinski definition) is 1. The van der Waals surface area contributed by atoms with Gasteiger partial charge in [0.1, 0.15) is 28.7 Å². The van der Waals surface area contributed by atoms with Crippen molar-refractivity contribution in [1.29, 1.82) is 0 Å². The summed E-state index contributed by atoms with van der Waals surface area (Å²) in [7, 11) is 0. The molecule has 2 aliphatic rings. The Hall–Kier alpha value is -3.94. The number of anilines is 1. The van der Waals surface area contributed by atoms with E-state index in [2.05, 4.69) is 38.9 Å². The molecule has 0 spiro atoms. The van der Waals surface area contributed by atoms with Crippen LogP contribution in [-0.2, 0) is 6.42 Å². The number of pyridine rings is 1. The third-order valence-corrected chi connectivity index (χ3v) is 6.88. The molecule has 7 nitrogen and oxygen atoms in total. The number of hydrogen-bond acceptors (Lipinski definition) is 6. The number of rotatable bonds is 5. The molecule has 0 saturated carbocycles. The van der Waals surface area contributed by atoms with Gasteiger partial charge in [-0.05, 0) is 49.1 Å². The summed E-state index contributed by atoms with van der Waals surface area (Å²) < 4.78 is 21.5. The van der Waals surface area contributed by atoms with E-state index in [9.17, 15) is 4.39 Å². The van der Waals surface area contributed by atoms with Gasteiger partial charge >= 0.3 is 0 Å². The number of nitrogens with zero attached hydrogens (tertiary/aromatic N) is 5. The van der Waals surface area contributed by atoms with Gasteiger partial charge < -0.3 is 15.0 Å². The van der Waals surface area contributed by atoms with Crippen LogP contribution in [0.15, 0.2) is 73.3 Å². The third-order valence-electron chi connectivity index (χ3n) is 6.88. The lowest BCUT2D eigenvalue weighted by Gasteiger charge is -2.39. The molecule has 1 N–H and O–H groups in total. The number of ether oxygens (including phenoxy) is 1. The number of para-hydroxylation sites is 1. The molecule has 35 heavy (non-hydrogen) atoms. The first kappa shape index (κ1) is 21.6. The van der Waals surface area contributed by atoms with Gasteiger partial charge in [0, 0.05) is 43.1 Å². The second-order valence-corrected chi connectivity index (χ2v) is 9.23. The molecular weight excluding hydrogens is 443 g/mol. The normalized spacial score (nSPS) is 19.7. The summed E-state index contributed by atoms with van der Waals surface area (Å²) in [4.78, 5) is 15.8. The van der Waals surface area contributed by atoms with Crippen LogP contribution < -0.4 is 10.1 Å². The molecule has 3 aromatic heterocycles. The maximum absolute atomic E-state index is 13.8. The van der Waals surface area contributed by atoms with Gasteiger partial charge in [-0.3, -0.25) is 4.40 Å². The lowest BCUT2D eigenvalue weighted by Crippen LogP contribution is -2.44. The van der Waals surface area contributed by atoms with Crippen molar-refractivity contribution in [2.24, 2.45) is 5.92 Å². The summed E-state index contributed by atoms with van der Waals surface area (Å²) in [5.41, 5.74) is 3.69. The van der Waals surface area contributed by atoms with Gasteiger partial charge in [-0.25, -0.2) is 19.3 Å². The minimum atomic E-state index is -0.333. The van der Waals surface area contributed by atoms with Gasteiger partial charge in [-0.15, -0.1) is 0 Å². The summed E-state index contributed by atoms with van der Waals surface area (Å²) in [6.45, 7) is 6.97. The number of imidazole rings is 1. The summed E-state index contributed by atoms with van der Waals surface area (Å²) in [5.74, 6) is 2.19. The number of benzene rings is 1. The molecule has 178 valence electrons. The molecular formula is C27H27FN6O. The smallest absolute Gasteiger partial charge is 0.180 e. The van der Waals surface area contributed by atoms with E-state index in [0.717, 1.165) is 49.6 Å². The number of piperidine rings is 1. The zero-order chi connectivity index (χ0) is 23.8. The molecule has 2 atom stereocenters. The molecule has 6 rings (SSSR count). The van der Waals surface area contributed by atoms with Crippen molar-refractivity contribution in [2.45, 2.75) is 25.3 Å². The summed E-state index contributed by atoms with van der Waals surface area (Å²) in [5, 5.41) is 3.58. The average molecular weight is 471 g/mol. The van der Waals surface area contributed by atoms with Crippen molar-refractivity contribution in [3.05, 3.63) is 84.7 Å². The van der Waals surface area contributed by atoms with Crippen LogP contribution in [0.2, 0.25) is 0 Å². The van der Waals surface area contributed by atoms with Crippen LogP contribution in [0.3, 0.4) is 0 Å². The van der Waals surface area contributed by atoms with E-state index in [0.29, 0.717) is 23.8 Å². The molecule has 2 aliphatic heterocycles. The number of fused-ring (bicyclic) bond motifs is 2. The fraction of sp³-hybridized carbons (Fsp3) is 0.296. The highest BCUT2D eigenvalue weighted by atomic mass is 19.1. The van der Waals surface area contributed by atoms with Gasteiger partial charge in [-0.1, -0.05) is 24.8 Å². The standard InChI is InChI=1S/C27H27FN6O/c1-18(20-13-19-5-2-3-7-24(19)35-17-20)33-12-4-6-22(16-33)31-25-10-11-29-27(32-25)23-14-30-26-9-8-21(28)15-34(23)26/h2-3,5,7-11,14-15,20,22H,1,4,6,12-13,16-17H2,(H,29,31,32). The van der Waals surface area contributed by atoms with Crippen LogP contribution in [0.1, 0.15) is 18.4 Å². The molecule has 1 aromatic carbocycles. The van der Waals surface area contributed by atoms with E-state index >= 15 is 0 Å². The molecule has 4 aromatic rings. The molecule has 1 fully saturated rings. The molecule has 5 heterocycles. The third kappa shape index (κ3) is 4.32. The van der Waals surface area contributed by atoms with Crippen LogP contribution in [-0.4, -0.2) is 50.0 Å². The first-order valence-electron chi connectivity index (χ1n) is 12.0. The Balaban J connectivity index is 1.15. The van der Waals surface area contributed by atoms with Gasteiger partial charge in [-0.2, -0.15) is 0 Å². The van der Waals surface area contributed by atoms with Gasteiger partial charge in [0.05, 0.1) is 12.8 Å². The Bertz CT molecular complexity index is 1390. The van der Waals surface area contributed by atoms with Crippen molar-refractivity contribution < 1.29 is 9.13 Å². The quantitative estimate of drug-likeness (QED) is 0.461. The van der Waals surface area contributed by atoms with E-state index in [4.69, 9.17) is 9.72 Å². The molecule has 0 bridgehead atoms. The van der Waals surface area contributed by atoms with Crippen LogP contribution in [0.4, 0.5) is 10.2 Å². The van der Waals surface area contributed by atoms with E-state index in [1.54, 1.807) is 22.9 Å². The van der Waals surface area contributed by atoms with Crippen molar-refractivity contribution in [3.8, 4) is 17.3 Å². The maximum atomic E-state index is 13.8. The van der Waals surface area contributed by atoms with Crippen molar-refractivity contribution in [3.63, 3.8) is 0 Å². The lowest BCUT2D eigenvalue weighted by atomic mass is 9.92. The summed E-state index contributed by atoms with van der Waals surface area (Å²) >= 11 is 0. The lowest BCUT2D eigenvalue weighted by molar-refractivity contribution is 0.187. The van der Waals surface area contributed by atoms with Crippen molar-refractivity contribution in [2.75, 3.05) is 25.0 Å². The van der Waals surface area contributed by atoms with Gasteiger partial charge in [0.25, 0.3) is 0 Å². The highest BCUT2D eigenvalue weighted by Gasteiger charge is 2.28. The van der Waals surface area contributed by atoms with Crippen molar-refractivity contribution in [1.82, 2.24) is 24.3 Å². The Morgan fingerprint density at radius 1 is 1.14 bits per heavy atom. The number of halogens is 1. The van der Waals surface area contributed by atoms with Crippen LogP contribution >= 0.6 is 0 Å². The second-order valence-electron chi connectivity index (χ2n) is 9.23. The fourth-order valence-corrected chi connectivity index (χ4v) is 5.05. The van der Waals surface area contributed by atoms with Gasteiger partial charge in [0.15, 0.2) is 5.82 Å². The molecule has 0 radical (unpaired) electrons. The Morgan fingerprint density at radius 3 is 3.00 bits per heavy atom. The van der Waals surface area contributed by atoms with E-state index in [1.165, 1.54) is 17.8 Å². The van der Waals surface area contributed by atoms with Crippen LogP contribution in [0.5, 0.6) is 5.75 Å². The monoisotopic (exact) mass is 470 g/mol. The largest absolute Gasteiger partial charge is 0.493 e. The zero-order valence-electron chi connectivity index (χ0n) is 19.4. The predicted octanol–water partition coefficient (Wildman–Crippen LogP) is 4.57. The fourth-order valence-electron chi connectivity index (χ4n) is 5.05. The SMILES string of the molecule is C=C(C1COc2ccccc2C1)N1CCCC(Nc2ccnc(-c3cnc4ccc(F)cn34)n2)C1. The first-order chi connectivity index (χ1) is 17.1. The highest BCUT2D eigenvalue weighted by Crippen LogP contribution is 2.32. The Kier molecular flexibility index (Phi) is 5.56. The minimum absolute atomic E-state index is 0.236. The molecule has 1 saturated heterocycles. The van der Waals surface area contributed by atoms with Crippen molar-refractivity contribution >= 4 is 11.5 Å².